The summed E-state index contributed by atoms with van der Waals surface area (Å²) in [6.45, 7) is 5.97. The fraction of sp³-hybridized carbons (Fsp3) is 0.440. The molecule has 9 nitrogen and oxygen atoms in total. The average molecular weight is 469 g/mol. The Labute approximate surface area is 199 Å². The van der Waals surface area contributed by atoms with Crippen molar-refractivity contribution >= 4 is 23.1 Å². The number of hydrogen-bond acceptors (Lipinski definition) is 6. The summed E-state index contributed by atoms with van der Waals surface area (Å²) < 4.78 is 12.6. The third-order valence-corrected chi connectivity index (χ3v) is 5.48. The van der Waals surface area contributed by atoms with E-state index in [9.17, 15) is 14.7 Å². The minimum Gasteiger partial charge on any atom is -0.494 e. The van der Waals surface area contributed by atoms with E-state index in [1.807, 2.05) is 57.2 Å². The first kappa shape index (κ1) is 25.0. The van der Waals surface area contributed by atoms with Crippen molar-refractivity contribution in [3.05, 3.63) is 53.1 Å². The van der Waals surface area contributed by atoms with E-state index in [0.29, 0.717) is 24.2 Å². The van der Waals surface area contributed by atoms with E-state index in [1.165, 1.54) is 0 Å². The molecule has 1 unspecified atom stereocenters. The first-order valence-electron chi connectivity index (χ1n) is 11.1. The Morgan fingerprint density at radius 1 is 1.18 bits per heavy atom. The van der Waals surface area contributed by atoms with Gasteiger partial charge in [-0.3, -0.25) is 4.79 Å². The smallest absolute Gasteiger partial charge is 0.410 e. The molecular weight excluding hydrogens is 436 g/mol. The van der Waals surface area contributed by atoms with Crippen molar-refractivity contribution in [2.45, 2.75) is 45.1 Å². The van der Waals surface area contributed by atoms with E-state index in [-0.39, 0.29) is 12.5 Å². The summed E-state index contributed by atoms with van der Waals surface area (Å²) in [6.07, 6.45) is 0.142. The largest absolute Gasteiger partial charge is 0.494 e. The van der Waals surface area contributed by atoms with Crippen LogP contribution in [0.25, 0.3) is 11.0 Å². The minimum absolute atomic E-state index is 0.0871. The van der Waals surface area contributed by atoms with Crippen molar-refractivity contribution in [2.24, 2.45) is 7.05 Å². The fourth-order valence-corrected chi connectivity index (χ4v) is 3.83. The van der Waals surface area contributed by atoms with Gasteiger partial charge >= 0.3 is 12.1 Å². The highest BCUT2D eigenvalue weighted by atomic mass is 16.6. The molecule has 0 aliphatic rings. The van der Waals surface area contributed by atoms with Gasteiger partial charge in [-0.15, -0.1) is 5.10 Å². The molecule has 1 atom stereocenters. The van der Waals surface area contributed by atoms with Crippen LogP contribution in [0.1, 0.15) is 49.8 Å². The lowest BCUT2D eigenvalue weighted by atomic mass is 9.87. The fourth-order valence-electron chi connectivity index (χ4n) is 3.83. The molecule has 1 heterocycles. The van der Waals surface area contributed by atoms with Gasteiger partial charge in [0.15, 0.2) is 0 Å². The number of aromatic nitrogens is 3. The van der Waals surface area contributed by atoms with Crippen LogP contribution in [-0.4, -0.2) is 63.4 Å². The van der Waals surface area contributed by atoms with E-state index < -0.39 is 17.5 Å². The minimum atomic E-state index is -0.904. The first-order chi connectivity index (χ1) is 16.0. The Hall–Kier alpha value is -3.62. The van der Waals surface area contributed by atoms with E-state index >= 15 is 0 Å². The van der Waals surface area contributed by atoms with Gasteiger partial charge in [0.1, 0.15) is 22.4 Å². The van der Waals surface area contributed by atoms with E-state index in [2.05, 4.69) is 10.3 Å². The molecule has 0 radical (unpaired) electrons. The predicted octanol–water partition coefficient (Wildman–Crippen LogP) is 3.99. The summed E-state index contributed by atoms with van der Waals surface area (Å²) in [5, 5.41) is 17.9. The number of methoxy groups -OCH3 is 1. The third-order valence-electron chi connectivity index (χ3n) is 5.48. The molecule has 182 valence electrons. The molecule has 0 bridgehead atoms. The number of hydrogen-bond donors (Lipinski definition) is 1. The van der Waals surface area contributed by atoms with Crippen molar-refractivity contribution < 1.29 is 24.2 Å². The Morgan fingerprint density at radius 2 is 1.91 bits per heavy atom. The topological polar surface area (TPSA) is 107 Å². The van der Waals surface area contributed by atoms with Crippen LogP contribution in [0.5, 0.6) is 5.75 Å². The van der Waals surface area contributed by atoms with Gasteiger partial charge in [0.05, 0.1) is 13.5 Å². The van der Waals surface area contributed by atoms with Crippen LogP contribution in [0.15, 0.2) is 36.4 Å². The highest BCUT2D eigenvalue weighted by Gasteiger charge is 2.23. The normalized spacial score (nSPS) is 12.4. The summed E-state index contributed by atoms with van der Waals surface area (Å²) in [5.41, 5.74) is 3.48. The number of rotatable bonds is 8. The second-order valence-corrected chi connectivity index (χ2v) is 9.35. The third kappa shape index (κ3) is 6.03. The summed E-state index contributed by atoms with van der Waals surface area (Å²) in [4.78, 5) is 25.5. The van der Waals surface area contributed by atoms with Crippen LogP contribution in [0, 0.1) is 0 Å². The standard InChI is InChI=1S/C25H32N4O5/c1-25(2,3)34-24(32)28(4)11-10-16-8-7-9-17(12-16)19(15-22(30)31)18-13-20-23(21(14-18)33-6)29(5)27-26-20/h7-9,12-14,19H,10-11,15H2,1-6H3,(H,30,31). The number of carboxylic acid groups (broad SMARTS) is 1. The number of aryl methyl sites for hydroxylation is 1. The number of aliphatic carboxylic acids is 1. The molecule has 0 spiro atoms. The van der Waals surface area contributed by atoms with E-state index in [0.717, 1.165) is 22.2 Å². The monoisotopic (exact) mass is 468 g/mol. The zero-order chi connectivity index (χ0) is 25.0. The molecule has 0 aliphatic heterocycles. The van der Waals surface area contributed by atoms with Gasteiger partial charge in [-0.2, -0.15) is 0 Å². The van der Waals surface area contributed by atoms with Gasteiger partial charge in [0.25, 0.3) is 0 Å². The molecular formula is C25H32N4O5. The second-order valence-electron chi connectivity index (χ2n) is 9.35. The highest BCUT2D eigenvalue weighted by molar-refractivity contribution is 5.83. The number of fused-ring (bicyclic) bond motifs is 1. The number of likely N-dealkylation sites (N-methyl/N-ethyl adjacent to an activating group) is 1. The number of nitrogens with zero attached hydrogens (tertiary/aromatic N) is 4. The van der Waals surface area contributed by atoms with Crippen molar-refractivity contribution in [3.63, 3.8) is 0 Å². The first-order valence-corrected chi connectivity index (χ1v) is 11.1. The Morgan fingerprint density at radius 3 is 2.56 bits per heavy atom. The maximum absolute atomic E-state index is 12.2. The molecule has 0 aliphatic carbocycles. The molecule has 0 saturated carbocycles. The van der Waals surface area contributed by atoms with Gasteiger partial charge < -0.3 is 19.5 Å². The van der Waals surface area contributed by atoms with E-state index in [1.54, 1.807) is 30.8 Å². The number of amides is 1. The van der Waals surface area contributed by atoms with Gasteiger partial charge in [0, 0.05) is 26.6 Å². The van der Waals surface area contributed by atoms with Crippen molar-refractivity contribution in [1.82, 2.24) is 19.9 Å². The Kier molecular flexibility index (Phi) is 7.44. The number of ether oxygens (including phenoxy) is 2. The maximum atomic E-state index is 12.2. The van der Waals surface area contributed by atoms with Crippen molar-refractivity contribution in [3.8, 4) is 5.75 Å². The lowest BCUT2D eigenvalue weighted by Gasteiger charge is -2.24. The van der Waals surface area contributed by atoms with Gasteiger partial charge in [-0.25, -0.2) is 9.48 Å². The molecule has 1 N–H and O–H groups in total. The highest BCUT2D eigenvalue weighted by Crippen LogP contribution is 2.34. The van der Waals surface area contributed by atoms with Crippen molar-refractivity contribution in [1.29, 1.82) is 0 Å². The number of carboxylic acids is 1. The summed E-state index contributed by atoms with van der Waals surface area (Å²) >= 11 is 0. The van der Waals surface area contributed by atoms with Crippen LogP contribution in [0.2, 0.25) is 0 Å². The number of benzene rings is 2. The summed E-state index contributed by atoms with van der Waals surface area (Å²) in [5.74, 6) is -0.717. The summed E-state index contributed by atoms with van der Waals surface area (Å²) in [6, 6.07) is 11.5. The van der Waals surface area contributed by atoms with Crippen LogP contribution in [0.3, 0.4) is 0 Å². The van der Waals surface area contributed by atoms with Gasteiger partial charge in [-0.1, -0.05) is 29.5 Å². The molecule has 3 rings (SSSR count). The number of carbonyl (C=O) groups is 2. The molecule has 2 aromatic carbocycles. The van der Waals surface area contributed by atoms with Crippen LogP contribution < -0.4 is 4.74 Å². The van der Waals surface area contributed by atoms with Gasteiger partial charge in [0.2, 0.25) is 0 Å². The lowest BCUT2D eigenvalue weighted by Crippen LogP contribution is -2.35. The maximum Gasteiger partial charge on any atom is 0.410 e. The quantitative estimate of drug-likeness (QED) is 0.533. The summed E-state index contributed by atoms with van der Waals surface area (Å²) in [7, 11) is 5.05. The van der Waals surface area contributed by atoms with Crippen molar-refractivity contribution in [2.75, 3.05) is 20.7 Å². The molecule has 1 amide bonds. The zero-order valence-electron chi connectivity index (χ0n) is 20.5. The van der Waals surface area contributed by atoms with Crippen LogP contribution >= 0.6 is 0 Å². The molecule has 9 heteroatoms. The zero-order valence-corrected chi connectivity index (χ0v) is 20.5. The van der Waals surface area contributed by atoms with Crippen LogP contribution in [-0.2, 0) is 23.0 Å². The molecule has 1 aromatic heterocycles. The Bertz CT molecular complexity index is 1180. The predicted molar refractivity (Wildman–Crippen MR) is 128 cm³/mol. The van der Waals surface area contributed by atoms with Gasteiger partial charge in [-0.05, 0) is 56.0 Å². The average Bonchev–Trinajstić information content (AvgIpc) is 3.14. The Balaban J connectivity index is 1.87. The molecule has 0 saturated heterocycles. The molecule has 3 aromatic rings. The van der Waals surface area contributed by atoms with Crippen LogP contribution in [0.4, 0.5) is 4.79 Å². The second kappa shape index (κ2) is 10.1. The SMILES string of the molecule is COc1cc(C(CC(=O)O)c2cccc(CCN(C)C(=O)OC(C)(C)C)c2)cc2nnn(C)c12. The molecule has 0 fully saturated rings. The van der Waals surface area contributed by atoms with E-state index in [4.69, 9.17) is 9.47 Å². The lowest BCUT2D eigenvalue weighted by molar-refractivity contribution is -0.137. The number of carbonyl (C=O) groups excluding carboxylic acids is 1. The molecule has 34 heavy (non-hydrogen) atoms.